The largest absolute Gasteiger partial charge is 0.497 e. The average Bonchev–Trinajstić information content (AvgIpc) is 4.19. The maximum atomic E-state index is 5.77. The van der Waals surface area contributed by atoms with E-state index in [1.807, 2.05) is 121 Å². The Morgan fingerprint density at radius 1 is 0.234 bits per heavy atom. The fourth-order valence-corrected chi connectivity index (χ4v) is 8.08. The summed E-state index contributed by atoms with van der Waals surface area (Å²) in [6.07, 6.45) is 15.9. The quantitative estimate of drug-likeness (QED) is 0.138. The van der Waals surface area contributed by atoms with Crippen LogP contribution in [0.4, 0.5) is 0 Å². The lowest BCUT2D eigenvalue weighted by Crippen LogP contribution is -2.04. The minimum atomic E-state index is 0.613. The van der Waals surface area contributed by atoms with E-state index in [0.29, 0.717) is 91.6 Å². The first-order valence-corrected chi connectivity index (χ1v) is 20.3. The van der Waals surface area contributed by atoms with E-state index in [1.165, 1.54) is 0 Å². The monoisotopic (exact) mass is 852 g/mol. The normalized spacial score (nSPS) is 16.0. The van der Waals surface area contributed by atoms with Crippen molar-refractivity contribution in [2.45, 2.75) is 0 Å². The Balaban J connectivity index is 1.40. The summed E-state index contributed by atoms with van der Waals surface area (Å²) in [7, 11) is 13.0. The van der Waals surface area contributed by atoms with Crippen LogP contribution in [0.2, 0.25) is 0 Å². The van der Waals surface area contributed by atoms with Gasteiger partial charge in [0.25, 0.3) is 0 Å². The third-order valence-electron chi connectivity index (χ3n) is 11.2. The summed E-state index contributed by atoms with van der Waals surface area (Å²) in [5.41, 5.74) is 11.5. The van der Waals surface area contributed by atoms with Crippen LogP contribution in [0.1, 0.15) is 22.3 Å². The highest BCUT2D eigenvalue weighted by atomic mass is 16.5. The molecule has 8 bridgehead atoms. The molecule has 5 heterocycles. The lowest BCUT2D eigenvalue weighted by atomic mass is 9.97. The number of allylic oxidation sites excluding steroid dienone is 12. The highest BCUT2D eigenvalue weighted by Gasteiger charge is 2.29. The van der Waals surface area contributed by atoms with Crippen LogP contribution >= 0.6 is 0 Å². The number of ether oxygens (including phenoxy) is 8. The number of fused-ring (bicyclic) bond motifs is 4. The fraction of sp³-hybridized carbons (Fsp3) is 0.154. The molecule has 320 valence electrons. The zero-order chi connectivity index (χ0) is 44.5. The van der Waals surface area contributed by atoms with E-state index in [1.54, 1.807) is 56.9 Å². The third kappa shape index (κ3) is 7.70. The fourth-order valence-electron chi connectivity index (χ4n) is 8.08. The molecule has 0 atom stereocenters. The topological polar surface area (TPSA) is 123 Å². The van der Waals surface area contributed by atoms with Gasteiger partial charge in [0.1, 0.15) is 46.0 Å². The van der Waals surface area contributed by atoms with E-state index in [9.17, 15) is 0 Å². The molecule has 4 aromatic rings. The number of benzene rings is 4. The molecule has 0 amide bonds. The van der Waals surface area contributed by atoms with Gasteiger partial charge in [0.05, 0.1) is 103 Å². The van der Waals surface area contributed by atoms with Gasteiger partial charge in [-0.1, -0.05) is 0 Å². The van der Waals surface area contributed by atoms with Crippen LogP contribution in [0.15, 0.2) is 164 Å². The van der Waals surface area contributed by atoms with E-state index in [0.717, 1.165) is 44.5 Å². The number of aliphatic imine (C=N–C) groups is 4. The summed E-state index contributed by atoms with van der Waals surface area (Å²) in [5, 5.41) is 0. The third-order valence-corrected chi connectivity index (χ3v) is 11.2. The van der Waals surface area contributed by atoms with Crippen LogP contribution in [-0.4, -0.2) is 79.7 Å². The van der Waals surface area contributed by atoms with Crippen LogP contribution in [0.3, 0.4) is 0 Å². The molecule has 4 aromatic carbocycles. The summed E-state index contributed by atoms with van der Waals surface area (Å²) >= 11 is 0. The zero-order valence-corrected chi connectivity index (χ0v) is 36.6. The molecule has 0 aliphatic carbocycles. The second-order valence-electron chi connectivity index (χ2n) is 14.8. The van der Waals surface area contributed by atoms with E-state index in [4.69, 9.17) is 57.9 Å². The predicted molar refractivity (Wildman–Crippen MR) is 252 cm³/mol. The van der Waals surface area contributed by atoms with Gasteiger partial charge in [-0.2, -0.15) is 0 Å². The SMILES string of the molecule is COc1cc(OC)cc(C2=C3C=CC(=N3)C(c3cc(OC)cc(OC)c3)=C3C=CC(=N3)C(c3cc(OC)cc(OC)c3)=C3C=CC(=N3)C(c3cc(OC)cc(OC)c3)=C3C=CC2=N3)c1. The molecule has 0 fully saturated rings. The Labute approximate surface area is 371 Å². The van der Waals surface area contributed by atoms with Gasteiger partial charge < -0.3 is 37.9 Å². The number of hydrogen-bond acceptors (Lipinski definition) is 12. The summed E-state index contributed by atoms with van der Waals surface area (Å²) in [5.74, 6) is 4.90. The smallest absolute Gasteiger partial charge is 0.123 e. The molecule has 0 spiro atoms. The minimum Gasteiger partial charge on any atom is -0.497 e. The summed E-state index contributed by atoms with van der Waals surface area (Å²) in [6, 6.07) is 23.0. The first-order chi connectivity index (χ1) is 31.3. The maximum Gasteiger partial charge on any atom is 0.123 e. The van der Waals surface area contributed by atoms with Crippen molar-refractivity contribution in [1.29, 1.82) is 0 Å². The number of rotatable bonds is 12. The van der Waals surface area contributed by atoms with Gasteiger partial charge in [-0.25, -0.2) is 20.0 Å². The first-order valence-electron chi connectivity index (χ1n) is 20.3. The molecule has 9 rings (SSSR count). The van der Waals surface area contributed by atoms with Crippen molar-refractivity contribution in [3.8, 4) is 46.0 Å². The minimum absolute atomic E-state index is 0.613. The van der Waals surface area contributed by atoms with Gasteiger partial charge in [0.2, 0.25) is 0 Å². The summed E-state index contributed by atoms with van der Waals surface area (Å²) < 4.78 is 46.1. The average molecular weight is 853 g/mol. The van der Waals surface area contributed by atoms with Crippen LogP contribution in [-0.2, 0) is 0 Å². The van der Waals surface area contributed by atoms with Gasteiger partial charge in [0, 0.05) is 46.6 Å². The van der Waals surface area contributed by atoms with Crippen molar-refractivity contribution in [2.75, 3.05) is 56.9 Å². The Bertz CT molecular complexity index is 2530. The predicted octanol–water partition coefficient (Wildman–Crippen LogP) is 9.76. The Morgan fingerprint density at radius 2 is 0.406 bits per heavy atom. The van der Waals surface area contributed by atoms with Crippen molar-refractivity contribution in [3.05, 3.63) is 166 Å². The molecule has 0 unspecified atom stereocenters. The second-order valence-corrected chi connectivity index (χ2v) is 14.8. The Morgan fingerprint density at radius 3 is 0.562 bits per heavy atom. The van der Waals surface area contributed by atoms with Crippen LogP contribution in [0.25, 0.3) is 22.3 Å². The number of methoxy groups -OCH3 is 8. The van der Waals surface area contributed by atoms with E-state index >= 15 is 0 Å². The van der Waals surface area contributed by atoms with Crippen molar-refractivity contribution < 1.29 is 37.9 Å². The maximum absolute atomic E-state index is 5.77. The van der Waals surface area contributed by atoms with E-state index in [2.05, 4.69) is 0 Å². The van der Waals surface area contributed by atoms with Gasteiger partial charge >= 0.3 is 0 Å². The van der Waals surface area contributed by atoms with Crippen molar-refractivity contribution in [2.24, 2.45) is 20.0 Å². The molecule has 0 aromatic heterocycles. The number of hydrogen-bond donors (Lipinski definition) is 0. The molecule has 0 N–H and O–H groups in total. The second kappa shape index (κ2) is 17.3. The molecule has 64 heavy (non-hydrogen) atoms. The highest BCUT2D eigenvalue weighted by molar-refractivity contribution is 6.39. The molecule has 0 saturated carbocycles. The standard InChI is InChI=1S/C52H44N4O8/c1-57-33-17-29(18-34(25-33)58-2)49-41-9-11-43(53-41)50(30-19-35(59-3)26-36(20-30)60-4)45-13-15-47(55-45)52(32-23-39(63-7)28-40(24-32)64-8)48-16-14-46(56-48)51(44-12-10-42(49)54-44)31-21-37(61-5)27-38(22-31)62-6/h9-28H,1-8H3. The van der Waals surface area contributed by atoms with E-state index < -0.39 is 0 Å². The van der Waals surface area contributed by atoms with Crippen LogP contribution < -0.4 is 37.9 Å². The Kier molecular flexibility index (Phi) is 11.2. The number of nitrogens with zero attached hydrogens (tertiary/aromatic N) is 4. The van der Waals surface area contributed by atoms with Crippen molar-refractivity contribution >= 4 is 45.1 Å². The summed E-state index contributed by atoms with van der Waals surface area (Å²) in [4.78, 5) is 21.6. The zero-order valence-electron chi connectivity index (χ0n) is 36.6. The van der Waals surface area contributed by atoms with Gasteiger partial charge in [-0.3, -0.25) is 0 Å². The highest BCUT2D eigenvalue weighted by Crippen LogP contribution is 2.42. The molecule has 0 radical (unpaired) electrons. The van der Waals surface area contributed by atoms with Gasteiger partial charge in [0.15, 0.2) is 0 Å². The lowest BCUT2D eigenvalue weighted by molar-refractivity contribution is 0.394. The van der Waals surface area contributed by atoms with Crippen molar-refractivity contribution in [1.82, 2.24) is 0 Å². The Hall–Kier alpha value is -8.12. The van der Waals surface area contributed by atoms with E-state index in [-0.39, 0.29) is 0 Å². The van der Waals surface area contributed by atoms with Crippen molar-refractivity contribution in [3.63, 3.8) is 0 Å². The summed E-state index contributed by atoms with van der Waals surface area (Å²) in [6.45, 7) is 0. The lowest BCUT2D eigenvalue weighted by Gasteiger charge is -2.15. The molecule has 5 aliphatic rings. The van der Waals surface area contributed by atoms with Gasteiger partial charge in [-0.15, -0.1) is 0 Å². The molecule has 5 aliphatic heterocycles. The molecule has 0 saturated heterocycles. The van der Waals surface area contributed by atoms with Crippen LogP contribution in [0.5, 0.6) is 46.0 Å². The molecular weight excluding hydrogens is 809 g/mol. The molecular formula is C52H44N4O8. The molecule has 12 heteroatoms. The molecule has 12 nitrogen and oxygen atoms in total. The van der Waals surface area contributed by atoms with Gasteiger partial charge in [-0.05, 0) is 119 Å². The van der Waals surface area contributed by atoms with Crippen LogP contribution in [0, 0.1) is 0 Å². The first kappa shape index (κ1) is 41.2.